The fourth-order valence-electron chi connectivity index (χ4n) is 4.20. The van der Waals surface area contributed by atoms with E-state index >= 15 is 0 Å². The fourth-order valence-corrected chi connectivity index (χ4v) is 4.20. The number of benzene rings is 2. The Labute approximate surface area is 174 Å². The molecule has 0 amide bonds. The molecule has 3 aromatic rings. The van der Waals surface area contributed by atoms with Crippen LogP contribution in [0.5, 0.6) is 5.75 Å². The van der Waals surface area contributed by atoms with Crippen molar-refractivity contribution in [1.29, 1.82) is 0 Å². The minimum absolute atomic E-state index is 0.453. The first-order chi connectivity index (χ1) is 14.4. The predicted molar refractivity (Wildman–Crippen MR) is 111 cm³/mol. The second kappa shape index (κ2) is 8.37. The molecule has 5 atom stereocenters. The van der Waals surface area contributed by atoms with Crippen molar-refractivity contribution in [2.75, 3.05) is 13.7 Å². The third-order valence-corrected chi connectivity index (χ3v) is 5.85. The molecule has 7 heteroatoms. The summed E-state index contributed by atoms with van der Waals surface area (Å²) in [5, 5.41) is 41.5. The average molecular weight is 413 g/mol. The molecular formula is C23H27NO6. The molecule has 2 heterocycles. The van der Waals surface area contributed by atoms with Gasteiger partial charge in [0.25, 0.3) is 0 Å². The maximum absolute atomic E-state index is 10.6. The molecule has 4 rings (SSSR count). The minimum Gasteiger partial charge on any atom is -0.497 e. The smallest absolute Gasteiger partial charge is 0.118 e. The molecule has 30 heavy (non-hydrogen) atoms. The Hall–Kier alpha value is -2.42. The zero-order valence-corrected chi connectivity index (χ0v) is 17.0. The minimum atomic E-state index is -1.41. The maximum Gasteiger partial charge on any atom is 0.118 e. The van der Waals surface area contributed by atoms with Gasteiger partial charge in [-0.3, -0.25) is 0 Å². The Balaban J connectivity index is 1.76. The van der Waals surface area contributed by atoms with Gasteiger partial charge in [0, 0.05) is 29.2 Å². The number of aromatic nitrogens is 1. The molecule has 4 N–H and O–H groups in total. The zero-order valence-electron chi connectivity index (χ0n) is 17.0. The van der Waals surface area contributed by atoms with Crippen LogP contribution in [0.3, 0.4) is 0 Å². The van der Waals surface area contributed by atoms with Crippen LogP contribution in [0.4, 0.5) is 0 Å². The highest BCUT2D eigenvalue weighted by atomic mass is 16.5. The summed E-state index contributed by atoms with van der Waals surface area (Å²) in [4.78, 5) is 0. The standard InChI is InChI=1S/C23H27NO6/c1-13-4-3-5-17-19(13)16(23-22(28)21(27)20(26)18(12-25)30-23)11-24(17)10-14-6-8-15(29-2)9-7-14/h3-9,11,18,20-23,25-28H,10,12H2,1-2H3/t18-,20-,21+,22-,23+/m1/s1. The lowest BCUT2D eigenvalue weighted by Crippen LogP contribution is -2.55. The van der Waals surface area contributed by atoms with Crippen LogP contribution in [0.15, 0.2) is 48.7 Å². The van der Waals surface area contributed by atoms with Gasteiger partial charge in [-0.15, -0.1) is 0 Å². The zero-order chi connectivity index (χ0) is 21.4. The summed E-state index contributed by atoms with van der Waals surface area (Å²) in [5.74, 6) is 0.786. The first-order valence-electron chi connectivity index (χ1n) is 9.96. The third kappa shape index (κ3) is 3.59. The van der Waals surface area contributed by atoms with Crippen molar-refractivity contribution < 1.29 is 29.9 Å². The first kappa shape index (κ1) is 20.8. The number of aliphatic hydroxyl groups excluding tert-OH is 4. The molecule has 1 aliphatic heterocycles. The lowest BCUT2D eigenvalue weighted by atomic mass is 9.90. The van der Waals surface area contributed by atoms with E-state index in [1.54, 1.807) is 7.11 Å². The average Bonchev–Trinajstić information content (AvgIpc) is 3.12. The van der Waals surface area contributed by atoms with E-state index in [1.165, 1.54) is 0 Å². The van der Waals surface area contributed by atoms with Gasteiger partial charge < -0.3 is 34.5 Å². The van der Waals surface area contributed by atoms with E-state index in [1.807, 2.05) is 55.6 Å². The van der Waals surface area contributed by atoms with Crippen molar-refractivity contribution in [2.45, 2.75) is 44.0 Å². The summed E-state index contributed by atoms with van der Waals surface area (Å²) in [6, 6.07) is 13.8. The Bertz CT molecular complexity index is 1010. The summed E-state index contributed by atoms with van der Waals surface area (Å²) in [7, 11) is 1.63. The summed E-state index contributed by atoms with van der Waals surface area (Å²) >= 11 is 0. The lowest BCUT2D eigenvalue weighted by Gasteiger charge is -2.40. The van der Waals surface area contributed by atoms with Crippen molar-refractivity contribution in [2.24, 2.45) is 0 Å². The highest BCUT2D eigenvalue weighted by molar-refractivity contribution is 5.87. The summed E-state index contributed by atoms with van der Waals surface area (Å²) in [6.07, 6.45) is -4.02. The van der Waals surface area contributed by atoms with Gasteiger partial charge in [0.05, 0.1) is 13.7 Å². The molecule has 160 valence electrons. The van der Waals surface area contributed by atoms with Gasteiger partial charge in [0.2, 0.25) is 0 Å². The number of hydrogen-bond acceptors (Lipinski definition) is 6. The molecule has 2 aromatic carbocycles. The van der Waals surface area contributed by atoms with Crippen LogP contribution in [0.2, 0.25) is 0 Å². The maximum atomic E-state index is 10.6. The SMILES string of the molecule is COc1ccc(Cn2cc([C@@H]3O[C@H](CO)[C@@H](O)[C@H](O)[C@H]3O)c3c(C)cccc32)cc1. The molecule has 1 saturated heterocycles. The van der Waals surface area contributed by atoms with Gasteiger partial charge in [0.1, 0.15) is 36.3 Å². The van der Waals surface area contributed by atoms with E-state index < -0.39 is 37.1 Å². The number of fused-ring (bicyclic) bond motifs is 1. The van der Waals surface area contributed by atoms with Crippen LogP contribution in [-0.4, -0.2) is 63.1 Å². The van der Waals surface area contributed by atoms with Crippen molar-refractivity contribution >= 4 is 10.9 Å². The van der Waals surface area contributed by atoms with Gasteiger partial charge in [-0.1, -0.05) is 24.3 Å². The summed E-state index contributed by atoms with van der Waals surface area (Å²) < 4.78 is 13.1. The quantitative estimate of drug-likeness (QED) is 0.506. The highest BCUT2D eigenvalue weighted by Gasteiger charge is 2.44. The second-order valence-corrected chi connectivity index (χ2v) is 7.78. The van der Waals surface area contributed by atoms with Crippen LogP contribution in [-0.2, 0) is 11.3 Å². The number of methoxy groups -OCH3 is 1. The van der Waals surface area contributed by atoms with E-state index in [0.717, 1.165) is 27.8 Å². The Kier molecular flexibility index (Phi) is 5.81. The van der Waals surface area contributed by atoms with E-state index in [9.17, 15) is 20.4 Å². The number of rotatable bonds is 5. The lowest BCUT2D eigenvalue weighted by molar-refractivity contribution is -0.231. The molecule has 0 aliphatic carbocycles. The Morgan fingerprint density at radius 2 is 1.73 bits per heavy atom. The van der Waals surface area contributed by atoms with Crippen molar-refractivity contribution in [1.82, 2.24) is 4.57 Å². The van der Waals surface area contributed by atoms with Gasteiger partial charge >= 0.3 is 0 Å². The third-order valence-electron chi connectivity index (χ3n) is 5.85. The van der Waals surface area contributed by atoms with Crippen LogP contribution in [0.25, 0.3) is 10.9 Å². The first-order valence-corrected chi connectivity index (χ1v) is 9.96. The van der Waals surface area contributed by atoms with Crippen molar-refractivity contribution in [3.8, 4) is 5.75 Å². The van der Waals surface area contributed by atoms with E-state index in [-0.39, 0.29) is 0 Å². The van der Waals surface area contributed by atoms with Gasteiger partial charge in [-0.05, 0) is 36.2 Å². The highest BCUT2D eigenvalue weighted by Crippen LogP contribution is 2.38. The fraction of sp³-hybridized carbons (Fsp3) is 0.391. The van der Waals surface area contributed by atoms with Crippen LogP contribution in [0.1, 0.15) is 22.8 Å². The number of aryl methyl sites for hydroxylation is 1. The molecule has 0 radical (unpaired) electrons. The topological polar surface area (TPSA) is 104 Å². The number of aliphatic hydroxyl groups is 4. The number of hydrogen-bond donors (Lipinski definition) is 4. The molecular weight excluding hydrogens is 386 g/mol. The van der Waals surface area contributed by atoms with Gasteiger partial charge in [0.15, 0.2) is 0 Å². The van der Waals surface area contributed by atoms with Gasteiger partial charge in [-0.2, -0.15) is 0 Å². The Morgan fingerprint density at radius 3 is 2.40 bits per heavy atom. The summed E-state index contributed by atoms with van der Waals surface area (Å²) in [5.41, 5.74) is 3.77. The van der Waals surface area contributed by atoms with Crippen LogP contribution >= 0.6 is 0 Å². The van der Waals surface area contributed by atoms with Crippen LogP contribution < -0.4 is 4.74 Å². The molecule has 1 fully saturated rings. The molecule has 0 bridgehead atoms. The summed E-state index contributed by atoms with van der Waals surface area (Å²) in [6.45, 7) is 2.12. The second-order valence-electron chi connectivity index (χ2n) is 7.78. The molecule has 0 spiro atoms. The molecule has 0 unspecified atom stereocenters. The number of nitrogens with zero attached hydrogens (tertiary/aromatic N) is 1. The Morgan fingerprint density at radius 1 is 1.00 bits per heavy atom. The molecule has 1 aliphatic rings. The molecule has 7 nitrogen and oxygen atoms in total. The van der Waals surface area contributed by atoms with Gasteiger partial charge in [-0.25, -0.2) is 0 Å². The van der Waals surface area contributed by atoms with Crippen molar-refractivity contribution in [3.05, 3.63) is 65.4 Å². The van der Waals surface area contributed by atoms with E-state index in [2.05, 4.69) is 4.57 Å². The normalized spacial score (nSPS) is 26.8. The van der Waals surface area contributed by atoms with Crippen molar-refractivity contribution in [3.63, 3.8) is 0 Å². The molecule has 1 aromatic heterocycles. The largest absolute Gasteiger partial charge is 0.497 e. The molecule has 0 saturated carbocycles. The van der Waals surface area contributed by atoms with E-state index in [4.69, 9.17) is 9.47 Å². The monoisotopic (exact) mass is 413 g/mol. The van der Waals surface area contributed by atoms with Crippen LogP contribution in [0, 0.1) is 6.92 Å². The predicted octanol–water partition coefficient (Wildman–Crippen LogP) is 1.52. The number of ether oxygens (including phenoxy) is 2. The van der Waals surface area contributed by atoms with E-state index in [0.29, 0.717) is 12.1 Å².